The van der Waals surface area contributed by atoms with Crippen LogP contribution in [0, 0.1) is 0 Å². The molecule has 6 N–H and O–H groups in total. The van der Waals surface area contributed by atoms with E-state index in [1.807, 2.05) is 0 Å². The van der Waals surface area contributed by atoms with E-state index in [1.165, 1.54) is 4.57 Å². The van der Waals surface area contributed by atoms with Gasteiger partial charge in [-0.3, -0.25) is 4.79 Å². The summed E-state index contributed by atoms with van der Waals surface area (Å²) in [5, 5.41) is 41.0. The number of aromatic nitrogens is 1. The molecule has 2 aromatic carbocycles. The molecule has 1 fully saturated rings. The molecule has 1 aliphatic heterocycles. The molecule has 0 spiro atoms. The minimum absolute atomic E-state index is 0.179. The van der Waals surface area contributed by atoms with E-state index in [-0.39, 0.29) is 18.7 Å². The lowest BCUT2D eigenvalue weighted by atomic mass is 9.90. The minimum Gasteiger partial charge on any atom is -0.459 e. The number of hydrogen-bond acceptors (Lipinski definition) is 13. The number of benzene rings is 2. The van der Waals surface area contributed by atoms with Crippen LogP contribution in [0.5, 0.6) is 0 Å². The Bertz CT molecular complexity index is 1910. The molecule has 318 valence electrons. The van der Waals surface area contributed by atoms with Gasteiger partial charge in [0.1, 0.15) is 66.0 Å². The Morgan fingerprint density at radius 2 is 1.33 bits per heavy atom. The third-order valence-corrected chi connectivity index (χ3v) is 8.48. The summed E-state index contributed by atoms with van der Waals surface area (Å²) >= 11 is 0. The molecule has 0 bridgehead atoms. The molecule has 1 aromatic heterocycles. The number of ether oxygens (including phenoxy) is 5. The van der Waals surface area contributed by atoms with Crippen LogP contribution in [0.3, 0.4) is 0 Å². The zero-order valence-corrected chi connectivity index (χ0v) is 34.3. The number of amides is 3. The van der Waals surface area contributed by atoms with Crippen LogP contribution >= 0.6 is 0 Å². The topological polar surface area (TPSA) is 233 Å². The monoisotopic (exact) mass is 812 g/mol. The molecule has 7 atom stereocenters. The predicted octanol–water partition coefficient (Wildman–Crippen LogP) is 3.46. The summed E-state index contributed by atoms with van der Waals surface area (Å²) in [5.74, 6) is -2.02. The predicted molar refractivity (Wildman–Crippen MR) is 210 cm³/mol. The van der Waals surface area contributed by atoms with E-state index >= 15 is 0 Å². The Kier molecular flexibility index (Phi) is 14.6. The van der Waals surface area contributed by atoms with Crippen molar-refractivity contribution in [1.82, 2.24) is 20.5 Å². The third-order valence-electron chi connectivity index (χ3n) is 8.48. The van der Waals surface area contributed by atoms with Gasteiger partial charge in [-0.25, -0.2) is 23.7 Å². The zero-order valence-electron chi connectivity index (χ0n) is 34.3. The highest BCUT2D eigenvalue weighted by atomic mass is 16.6. The van der Waals surface area contributed by atoms with Crippen molar-refractivity contribution < 1.29 is 63.0 Å². The first-order valence-corrected chi connectivity index (χ1v) is 18.9. The molecular formula is C41H56N4O13. The van der Waals surface area contributed by atoms with Gasteiger partial charge in [0, 0.05) is 24.0 Å². The lowest BCUT2D eigenvalue weighted by molar-refractivity contribution is -0.226. The second kappa shape index (κ2) is 18.6. The molecule has 0 radical (unpaired) electrons. The molecule has 17 nitrogen and oxygen atoms in total. The summed E-state index contributed by atoms with van der Waals surface area (Å²) in [5.41, 5.74) is -1.43. The second-order valence-corrected chi connectivity index (χ2v) is 17.0. The number of aliphatic hydroxyl groups is 3. The largest absolute Gasteiger partial charge is 0.459 e. The molecule has 3 amide bonds. The number of carbonyl (C=O) groups excluding carboxylic acids is 5. The number of nitrogens with one attached hydrogen (secondary N) is 3. The summed E-state index contributed by atoms with van der Waals surface area (Å²) in [6.07, 6.45) is -12.0. The highest BCUT2D eigenvalue weighted by Gasteiger charge is 2.50. The number of fused-ring (bicyclic) bond motifs is 1. The van der Waals surface area contributed by atoms with Gasteiger partial charge in [-0.05, 0) is 80.0 Å². The molecule has 1 aliphatic rings. The van der Waals surface area contributed by atoms with Crippen LogP contribution in [0.1, 0.15) is 73.6 Å². The van der Waals surface area contributed by atoms with Gasteiger partial charge in [-0.15, -0.1) is 0 Å². The van der Waals surface area contributed by atoms with Gasteiger partial charge in [0.15, 0.2) is 0 Å². The Morgan fingerprint density at radius 3 is 1.95 bits per heavy atom. The average Bonchev–Trinajstić information content (AvgIpc) is 3.48. The summed E-state index contributed by atoms with van der Waals surface area (Å²) in [6, 6.07) is 13.9. The van der Waals surface area contributed by atoms with Gasteiger partial charge in [0.25, 0.3) is 0 Å². The fourth-order valence-electron chi connectivity index (χ4n) is 6.03. The van der Waals surface area contributed by atoms with Gasteiger partial charge in [-0.1, -0.05) is 48.5 Å². The van der Waals surface area contributed by atoms with Crippen molar-refractivity contribution in [3.63, 3.8) is 0 Å². The SMILES string of the molecule is CC(C)(C)OC(=O)NCC1O[C@H]([C@@H](NC(=O)OC(C)(C)C)C(=O)N[C@@H](Cc2cc3ccccc3n2C(=O)OC(C)(C)C)C(=O)OCc2ccccc2)C(O)[C@@H](O)[C@H]1O. The van der Waals surface area contributed by atoms with Crippen LogP contribution in [0.4, 0.5) is 14.4 Å². The number of hydrogen-bond donors (Lipinski definition) is 6. The molecule has 1 saturated heterocycles. The normalized spacial score (nSPS) is 20.9. The quantitative estimate of drug-likeness (QED) is 0.120. The first-order valence-electron chi connectivity index (χ1n) is 18.9. The van der Waals surface area contributed by atoms with Crippen LogP contribution in [0.15, 0.2) is 60.7 Å². The summed E-state index contributed by atoms with van der Waals surface area (Å²) in [6.45, 7) is 14.1. The Hall–Kier alpha value is -5.23. The number of nitrogens with zero attached hydrogens (tertiary/aromatic N) is 1. The summed E-state index contributed by atoms with van der Waals surface area (Å²) in [4.78, 5) is 67.7. The second-order valence-electron chi connectivity index (χ2n) is 17.0. The number of aliphatic hydroxyl groups excluding tert-OH is 3. The summed E-state index contributed by atoms with van der Waals surface area (Å²) in [7, 11) is 0. The maximum Gasteiger partial charge on any atom is 0.419 e. The molecule has 0 saturated carbocycles. The lowest BCUT2D eigenvalue weighted by Crippen LogP contribution is -2.68. The van der Waals surface area contributed by atoms with Crippen molar-refractivity contribution in [3.05, 3.63) is 71.9 Å². The van der Waals surface area contributed by atoms with Crippen LogP contribution in [0.25, 0.3) is 10.9 Å². The highest BCUT2D eigenvalue weighted by molar-refractivity contribution is 5.93. The van der Waals surface area contributed by atoms with Crippen molar-refractivity contribution in [3.8, 4) is 0 Å². The minimum atomic E-state index is -1.99. The van der Waals surface area contributed by atoms with E-state index < -0.39 is 96.1 Å². The third kappa shape index (κ3) is 12.9. The number of rotatable bonds is 11. The molecule has 3 aromatic rings. The number of alkyl carbamates (subject to hydrolysis) is 2. The van der Waals surface area contributed by atoms with E-state index in [0.29, 0.717) is 16.5 Å². The molecule has 58 heavy (non-hydrogen) atoms. The first-order chi connectivity index (χ1) is 26.9. The Labute approximate surface area is 337 Å². The highest BCUT2D eigenvalue weighted by Crippen LogP contribution is 2.26. The molecule has 0 aliphatic carbocycles. The first kappa shape index (κ1) is 45.5. The molecule has 4 rings (SSSR count). The van der Waals surface area contributed by atoms with Crippen molar-refractivity contribution in [2.75, 3.05) is 6.54 Å². The standard InChI is InChI=1S/C41H56N4O13/c1-39(2,3)56-36(51)42-21-28-30(46)31(47)32(48)33(55-28)29(44-37(52)57-40(4,5)6)34(49)43-26(35(50)54-22-23-15-11-10-12-16-23)20-25-19-24-17-13-14-18-27(24)45(25)38(53)58-41(7,8)9/h10-19,26,28-33,46-48H,20-22H2,1-9H3,(H,42,51)(H,43,49)(H,44,52)/t26-,28?,29+,30-,31-,32?,33+/m0/s1. The van der Waals surface area contributed by atoms with E-state index in [1.54, 1.807) is 123 Å². The van der Waals surface area contributed by atoms with Gasteiger partial charge in [0.05, 0.1) is 5.52 Å². The van der Waals surface area contributed by atoms with Crippen molar-refractivity contribution >= 4 is 41.1 Å². The van der Waals surface area contributed by atoms with Gasteiger partial charge >= 0.3 is 24.2 Å². The lowest BCUT2D eigenvalue weighted by Gasteiger charge is -2.43. The van der Waals surface area contributed by atoms with Gasteiger partial charge in [-0.2, -0.15) is 0 Å². The average molecular weight is 813 g/mol. The van der Waals surface area contributed by atoms with E-state index in [2.05, 4.69) is 16.0 Å². The maximum atomic E-state index is 14.5. The zero-order chi connectivity index (χ0) is 43.2. The van der Waals surface area contributed by atoms with E-state index in [0.717, 1.165) is 0 Å². The maximum absolute atomic E-state index is 14.5. The van der Waals surface area contributed by atoms with Crippen LogP contribution in [-0.2, 0) is 46.3 Å². The smallest absolute Gasteiger partial charge is 0.419 e. The Balaban J connectivity index is 1.72. The Morgan fingerprint density at radius 1 is 0.741 bits per heavy atom. The fraction of sp³-hybridized carbons (Fsp3) is 0.537. The van der Waals surface area contributed by atoms with Crippen LogP contribution in [0.2, 0.25) is 0 Å². The molecule has 2 unspecified atom stereocenters. The molecular weight excluding hydrogens is 756 g/mol. The number of para-hydroxylation sites is 1. The van der Waals surface area contributed by atoms with Crippen LogP contribution in [-0.4, -0.2) is 116 Å². The van der Waals surface area contributed by atoms with Crippen molar-refractivity contribution in [2.24, 2.45) is 0 Å². The summed E-state index contributed by atoms with van der Waals surface area (Å²) < 4.78 is 29.2. The molecule has 17 heteroatoms. The van der Waals surface area contributed by atoms with Gasteiger partial charge in [0.2, 0.25) is 5.91 Å². The fourth-order valence-corrected chi connectivity index (χ4v) is 6.03. The van der Waals surface area contributed by atoms with E-state index in [9.17, 15) is 39.3 Å². The van der Waals surface area contributed by atoms with E-state index in [4.69, 9.17) is 23.7 Å². The van der Waals surface area contributed by atoms with Crippen molar-refractivity contribution in [2.45, 2.75) is 135 Å². The van der Waals surface area contributed by atoms with Crippen molar-refractivity contribution in [1.29, 1.82) is 0 Å². The molecule has 2 heterocycles. The van der Waals surface area contributed by atoms with Gasteiger partial charge < -0.3 is 55.0 Å². The number of esters is 1. The number of carbonyl (C=O) groups is 5. The van der Waals surface area contributed by atoms with Crippen LogP contribution < -0.4 is 16.0 Å².